The fourth-order valence-electron chi connectivity index (χ4n) is 2.07. The van der Waals surface area contributed by atoms with Crippen molar-refractivity contribution in [2.75, 3.05) is 19.7 Å². The molecule has 2 aromatic heterocycles. The molecule has 116 valence electrons. The first kappa shape index (κ1) is 16.2. The molecule has 2 rings (SSSR count). The number of aromatic nitrogens is 2. The third-order valence-corrected chi connectivity index (χ3v) is 4.43. The second-order valence-electron chi connectivity index (χ2n) is 4.81. The van der Waals surface area contributed by atoms with E-state index in [1.165, 1.54) is 11.2 Å². The summed E-state index contributed by atoms with van der Waals surface area (Å²) in [7, 11) is 0. The highest BCUT2D eigenvalue weighted by Crippen LogP contribution is 2.33. The van der Waals surface area contributed by atoms with Gasteiger partial charge in [0.1, 0.15) is 11.2 Å². The monoisotopic (exact) mass is 317 g/mol. The molecule has 0 fully saturated rings. The minimum Gasteiger partial charge on any atom is -0.467 e. The molecule has 0 saturated carbocycles. The van der Waals surface area contributed by atoms with Gasteiger partial charge in [0.25, 0.3) is 5.91 Å². The number of aryl methyl sites for hydroxylation is 2. The first-order valence-electron chi connectivity index (χ1n) is 6.91. The SMILES string of the molecule is C=CCN(CC=C)C(=O)COc1ncnc2sc(C)c(C)c12. The molecule has 0 aliphatic carbocycles. The van der Waals surface area contributed by atoms with Crippen molar-refractivity contribution in [3.8, 4) is 5.88 Å². The smallest absolute Gasteiger partial charge is 0.261 e. The molecule has 0 aromatic carbocycles. The highest BCUT2D eigenvalue weighted by molar-refractivity contribution is 7.18. The van der Waals surface area contributed by atoms with Crippen molar-refractivity contribution in [3.63, 3.8) is 0 Å². The maximum Gasteiger partial charge on any atom is 0.261 e. The van der Waals surface area contributed by atoms with Crippen molar-refractivity contribution < 1.29 is 9.53 Å². The lowest BCUT2D eigenvalue weighted by Crippen LogP contribution is -2.35. The Hall–Kier alpha value is -2.21. The number of rotatable bonds is 7. The number of hydrogen-bond donors (Lipinski definition) is 0. The molecule has 0 atom stereocenters. The standard InChI is InChI=1S/C16H19N3O2S/c1-5-7-19(8-6-2)13(20)9-21-15-14-11(3)12(4)22-16(14)18-10-17-15/h5-6,10H,1-2,7-9H2,3-4H3. The number of ether oxygens (including phenoxy) is 1. The van der Waals surface area contributed by atoms with E-state index in [-0.39, 0.29) is 12.5 Å². The summed E-state index contributed by atoms with van der Waals surface area (Å²) in [5.74, 6) is 0.327. The molecule has 2 heterocycles. The van der Waals surface area contributed by atoms with Crippen LogP contribution in [0.15, 0.2) is 31.6 Å². The van der Waals surface area contributed by atoms with Crippen molar-refractivity contribution in [1.82, 2.24) is 14.9 Å². The molecule has 0 unspecified atom stereocenters. The highest BCUT2D eigenvalue weighted by atomic mass is 32.1. The quantitative estimate of drug-likeness (QED) is 0.737. The Morgan fingerprint density at radius 3 is 2.64 bits per heavy atom. The van der Waals surface area contributed by atoms with Crippen molar-refractivity contribution in [2.24, 2.45) is 0 Å². The van der Waals surface area contributed by atoms with Crippen LogP contribution in [0.25, 0.3) is 10.2 Å². The van der Waals surface area contributed by atoms with Crippen LogP contribution < -0.4 is 4.74 Å². The second-order valence-corrected chi connectivity index (χ2v) is 6.01. The summed E-state index contributed by atoms with van der Waals surface area (Å²) in [6, 6.07) is 0. The van der Waals surface area contributed by atoms with Crippen LogP contribution in [0.5, 0.6) is 5.88 Å². The molecule has 2 aromatic rings. The van der Waals surface area contributed by atoms with Crippen LogP contribution in [0.2, 0.25) is 0 Å². The van der Waals surface area contributed by atoms with E-state index < -0.39 is 0 Å². The zero-order valence-electron chi connectivity index (χ0n) is 12.8. The molecule has 0 bridgehead atoms. The van der Waals surface area contributed by atoms with E-state index in [4.69, 9.17) is 4.74 Å². The predicted molar refractivity (Wildman–Crippen MR) is 89.4 cm³/mol. The Kier molecular flexibility index (Phi) is 5.27. The van der Waals surface area contributed by atoms with E-state index >= 15 is 0 Å². The van der Waals surface area contributed by atoms with E-state index in [9.17, 15) is 4.79 Å². The van der Waals surface area contributed by atoms with E-state index in [0.29, 0.717) is 19.0 Å². The first-order chi connectivity index (χ1) is 10.6. The fraction of sp³-hybridized carbons (Fsp3) is 0.312. The van der Waals surface area contributed by atoms with Gasteiger partial charge in [-0.1, -0.05) is 12.2 Å². The lowest BCUT2D eigenvalue weighted by atomic mass is 10.2. The van der Waals surface area contributed by atoms with Crippen molar-refractivity contribution in [1.29, 1.82) is 0 Å². The summed E-state index contributed by atoms with van der Waals surface area (Å²) in [4.78, 5) is 24.3. The summed E-state index contributed by atoms with van der Waals surface area (Å²) in [5.41, 5.74) is 1.09. The predicted octanol–water partition coefficient (Wildman–Crippen LogP) is 2.89. The fourth-order valence-corrected chi connectivity index (χ4v) is 3.06. The summed E-state index contributed by atoms with van der Waals surface area (Å²) >= 11 is 1.60. The van der Waals surface area contributed by atoms with Gasteiger partial charge in [0.2, 0.25) is 5.88 Å². The molecule has 0 radical (unpaired) electrons. The molecular weight excluding hydrogens is 298 g/mol. The number of nitrogens with zero attached hydrogens (tertiary/aromatic N) is 3. The zero-order valence-corrected chi connectivity index (χ0v) is 13.7. The molecule has 0 saturated heterocycles. The topological polar surface area (TPSA) is 55.3 Å². The third-order valence-electron chi connectivity index (χ3n) is 3.31. The van der Waals surface area contributed by atoms with E-state index in [1.807, 2.05) is 13.8 Å². The van der Waals surface area contributed by atoms with Crippen LogP contribution in [-0.2, 0) is 4.79 Å². The van der Waals surface area contributed by atoms with Crippen LogP contribution in [0.1, 0.15) is 10.4 Å². The van der Waals surface area contributed by atoms with Gasteiger partial charge in [-0.25, -0.2) is 9.97 Å². The summed E-state index contributed by atoms with van der Waals surface area (Å²) < 4.78 is 5.64. The number of fused-ring (bicyclic) bond motifs is 1. The molecule has 0 spiro atoms. The molecular formula is C16H19N3O2S. The molecule has 5 nitrogen and oxygen atoms in total. The van der Waals surface area contributed by atoms with Gasteiger partial charge >= 0.3 is 0 Å². The van der Waals surface area contributed by atoms with Crippen LogP contribution >= 0.6 is 11.3 Å². The van der Waals surface area contributed by atoms with Gasteiger partial charge in [-0.3, -0.25) is 4.79 Å². The Balaban J connectivity index is 2.16. The van der Waals surface area contributed by atoms with Gasteiger partial charge < -0.3 is 9.64 Å². The maximum absolute atomic E-state index is 12.2. The second kappa shape index (κ2) is 7.17. The van der Waals surface area contributed by atoms with Gasteiger partial charge in [0, 0.05) is 18.0 Å². The lowest BCUT2D eigenvalue weighted by Gasteiger charge is -2.19. The van der Waals surface area contributed by atoms with Gasteiger partial charge in [-0.15, -0.1) is 24.5 Å². The summed E-state index contributed by atoms with van der Waals surface area (Å²) in [5, 5.41) is 0.886. The van der Waals surface area contributed by atoms with Gasteiger partial charge in [-0.05, 0) is 19.4 Å². The summed E-state index contributed by atoms with van der Waals surface area (Å²) in [6.45, 7) is 12.2. The number of carbonyl (C=O) groups excluding carboxylic acids is 1. The molecule has 0 aliphatic rings. The van der Waals surface area contributed by atoms with Gasteiger partial charge in [0.15, 0.2) is 6.61 Å². The third kappa shape index (κ3) is 3.33. The lowest BCUT2D eigenvalue weighted by molar-refractivity contribution is -0.132. The van der Waals surface area contributed by atoms with Gasteiger partial charge in [0.05, 0.1) is 5.39 Å². The van der Waals surface area contributed by atoms with E-state index in [0.717, 1.165) is 15.8 Å². The minimum absolute atomic E-state index is 0.0673. The molecule has 0 aliphatic heterocycles. The minimum atomic E-state index is -0.129. The van der Waals surface area contributed by atoms with Crippen LogP contribution in [-0.4, -0.2) is 40.5 Å². The Labute approximate surface area is 133 Å². The zero-order chi connectivity index (χ0) is 16.1. The van der Waals surface area contributed by atoms with E-state index in [2.05, 4.69) is 23.1 Å². The number of amides is 1. The van der Waals surface area contributed by atoms with Crippen LogP contribution in [0, 0.1) is 13.8 Å². The van der Waals surface area contributed by atoms with Gasteiger partial charge in [-0.2, -0.15) is 0 Å². The Morgan fingerprint density at radius 1 is 1.32 bits per heavy atom. The average molecular weight is 317 g/mol. The number of thiophene rings is 1. The Bertz CT molecular complexity index is 699. The largest absolute Gasteiger partial charge is 0.467 e. The Morgan fingerprint density at radius 2 is 2.00 bits per heavy atom. The van der Waals surface area contributed by atoms with Crippen molar-refractivity contribution >= 4 is 27.5 Å². The molecule has 6 heteroatoms. The average Bonchev–Trinajstić information content (AvgIpc) is 2.80. The highest BCUT2D eigenvalue weighted by Gasteiger charge is 2.16. The molecule has 1 amide bonds. The molecule has 0 N–H and O–H groups in total. The first-order valence-corrected chi connectivity index (χ1v) is 7.73. The van der Waals surface area contributed by atoms with Crippen LogP contribution in [0.3, 0.4) is 0 Å². The van der Waals surface area contributed by atoms with Crippen molar-refractivity contribution in [2.45, 2.75) is 13.8 Å². The number of carbonyl (C=O) groups is 1. The summed E-state index contributed by atoms with van der Waals surface area (Å²) in [6.07, 6.45) is 4.82. The van der Waals surface area contributed by atoms with E-state index in [1.54, 1.807) is 28.4 Å². The maximum atomic E-state index is 12.2. The van der Waals surface area contributed by atoms with Crippen LogP contribution in [0.4, 0.5) is 0 Å². The van der Waals surface area contributed by atoms with Crippen molar-refractivity contribution in [3.05, 3.63) is 42.1 Å². The molecule has 22 heavy (non-hydrogen) atoms. The number of hydrogen-bond acceptors (Lipinski definition) is 5. The normalized spacial score (nSPS) is 10.5.